The van der Waals surface area contributed by atoms with Crippen molar-refractivity contribution in [2.75, 3.05) is 0 Å². The zero-order valence-electron chi connectivity index (χ0n) is 10.8. The Morgan fingerprint density at radius 3 is 2.39 bits per heavy atom. The predicted molar refractivity (Wildman–Crippen MR) is 75.7 cm³/mol. The van der Waals surface area contributed by atoms with Gasteiger partial charge in [-0.25, -0.2) is 9.55 Å². The van der Waals surface area contributed by atoms with Crippen molar-refractivity contribution in [1.29, 1.82) is 0 Å². The fourth-order valence-corrected chi connectivity index (χ4v) is 3.04. The molecule has 2 nitrogen and oxygen atoms in total. The first kappa shape index (κ1) is 11.4. The van der Waals surface area contributed by atoms with Crippen molar-refractivity contribution in [3.63, 3.8) is 0 Å². The molecule has 0 unspecified atom stereocenters. The molecule has 0 amide bonds. The summed E-state index contributed by atoms with van der Waals surface area (Å²) in [5.41, 5.74) is 4.80. The molecule has 0 aliphatic rings. The van der Waals surface area contributed by atoms with Crippen LogP contribution in [0.25, 0.3) is 20.8 Å². The van der Waals surface area contributed by atoms with Gasteiger partial charge in [0.15, 0.2) is 11.4 Å². The maximum absolute atomic E-state index is 4.70. The highest BCUT2D eigenvalue weighted by atomic mass is 32.1. The summed E-state index contributed by atoms with van der Waals surface area (Å²) in [6, 6.07) is 12.7. The lowest BCUT2D eigenvalue weighted by Crippen LogP contribution is -2.35. The second-order valence-electron chi connectivity index (χ2n) is 4.57. The first-order valence-electron chi connectivity index (χ1n) is 5.98. The number of thiazole rings is 1. The number of aromatic nitrogens is 2. The van der Waals surface area contributed by atoms with Crippen LogP contribution < -0.4 is 4.57 Å². The summed E-state index contributed by atoms with van der Waals surface area (Å²) in [6.07, 6.45) is 0. The molecular formula is C15H15N2S+. The lowest BCUT2D eigenvalue weighted by molar-refractivity contribution is -0.683. The molecule has 0 bridgehead atoms. The fourth-order valence-electron chi connectivity index (χ4n) is 2.08. The summed E-state index contributed by atoms with van der Waals surface area (Å²) in [5, 5.41) is 1.10. The Kier molecular flexibility index (Phi) is 2.63. The molecule has 1 aromatic carbocycles. The molecule has 0 fully saturated rings. The molecule has 0 spiro atoms. The van der Waals surface area contributed by atoms with Crippen LogP contribution in [0.1, 0.15) is 11.4 Å². The number of para-hydroxylation sites is 1. The predicted octanol–water partition coefficient (Wildman–Crippen LogP) is 3.40. The van der Waals surface area contributed by atoms with Gasteiger partial charge in [-0.1, -0.05) is 12.1 Å². The van der Waals surface area contributed by atoms with Crippen LogP contribution in [-0.4, -0.2) is 4.98 Å². The molecule has 0 saturated carbocycles. The number of aryl methyl sites for hydroxylation is 2. The molecule has 0 aliphatic heterocycles. The molecule has 0 atom stereocenters. The van der Waals surface area contributed by atoms with Crippen molar-refractivity contribution in [1.82, 2.24) is 4.98 Å². The zero-order chi connectivity index (χ0) is 12.7. The number of rotatable bonds is 1. The highest BCUT2D eigenvalue weighted by molar-refractivity contribution is 7.21. The van der Waals surface area contributed by atoms with E-state index in [4.69, 9.17) is 4.98 Å². The highest BCUT2D eigenvalue weighted by Gasteiger charge is 2.12. The Balaban J connectivity index is 2.20. The van der Waals surface area contributed by atoms with Crippen molar-refractivity contribution in [3.05, 3.63) is 47.8 Å². The van der Waals surface area contributed by atoms with E-state index in [9.17, 15) is 0 Å². The van der Waals surface area contributed by atoms with Gasteiger partial charge in [-0.3, -0.25) is 0 Å². The van der Waals surface area contributed by atoms with Gasteiger partial charge in [-0.15, -0.1) is 11.3 Å². The van der Waals surface area contributed by atoms with E-state index >= 15 is 0 Å². The molecule has 3 aromatic rings. The average Bonchev–Trinajstić information content (AvgIpc) is 2.79. The van der Waals surface area contributed by atoms with Crippen LogP contribution >= 0.6 is 11.3 Å². The summed E-state index contributed by atoms with van der Waals surface area (Å²) in [4.78, 5) is 4.70. The molecule has 0 saturated heterocycles. The number of nitrogens with zero attached hydrogens (tertiary/aromatic N) is 2. The quantitative estimate of drug-likeness (QED) is 0.609. The molecule has 3 heteroatoms. The second kappa shape index (κ2) is 4.18. The van der Waals surface area contributed by atoms with E-state index < -0.39 is 0 Å². The number of hydrogen-bond acceptors (Lipinski definition) is 2. The number of fused-ring (bicyclic) bond motifs is 1. The van der Waals surface area contributed by atoms with Gasteiger partial charge in [-0.05, 0) is 12.1 Å². The minimum atomic E-state index is 1.08. The largest absolute Gasteiger partial charge is 0.236 e. The van der Waals surface area contributed by atoms with Gasteiger partial charge in [0.1, 0.15) is 12.1 Å². The monoisotopic (exact) mass is 255 g/mol. The van der Waals surface area contributed by atoms with Crippen LogP contribution in [0.2, 0.25) is 0 Å². The summed E-state index contributed by atoms with van der Waals surface area (Å²) in [5.74, 6) is 0. The smallest absolute Gasteiger partial charge is 0.178 e. The Morgan fingerprint density at radius 2 is 1.72 bits per heavy atom. The van der Waals surface area contributed by atoms with Crippen molar-refractivity contribution in [2.24, 2.45) is 7.05 Å². The second-order valence-corrected chi connectivity index (χ2v) is 5.60. The van der Waals surface area contributed by atoms with Gasteiger partial charge in [0, 0.05) is 31.5 Å². The third-order valence-electron chi connectivity index (χ3n) is 3.33. The molecule has 2 aromatic heterocycles. The first-order chi connectivity index (χ1) is 8.65. The van der Waals surface area contributed by atoms with Crippen LogP contribution in [0.15, 0.2) is 36.4 Å². The SMILES string of the molecule is Cc1cc(-c2nc3ccccc3s2)cc(C)[n+]1C. The third kappa shape index (κ3) is 1.81. The van der Waals surface area contributed by atoms with Crippen LogP contribution in [0, 0.1) is 13.8 Å². The topological polar surface area (TPSA) is 16.8 Å². The Bertz CT molecular complexity index is 672. The molecule has 90 valence electrons. The Hall–Kier alpha value is -1.74. The molecule has 3 rings (SSSR count). The van der Waals surface area contributed by atoms with E-state index in [0.29, 0.717) is 0 Å². The van der Waals surface area contributed by atoms with Crippen molar-refractivity contribution in [3.8, 4) is 10.6 Å². The summed E-state index contributed by atoms with van der Waals surface area (Å²) >= 11 is 1.75. The van der Waals surface area contributed by atoms with Gasteiger partial charge in [-0.2, -0.15) is 0 Å². The number of hydrogen-bond donors (Lipinski definition) is 0. The Labute approximate surface area is 111 Å². The first-order valence-corrected chi connectivity index (χ1v) is 6.80. The highest BCUT2D eigenvalue weighted by Crippen LogP contribution is 2.30. The molecule has 2 heterocycles. The molecule has 18 heavy (non-hydrogen) atoms. The maximum atomic E-state index is 4.70. The fraction of sp³-hybridized carbons (Fsp3) is 0.200. The summed E-state index contributed by atoms with van der Waals surface area (Å²) in [7, 11) is 2.09. The standard InChI is InChI=1S/C15H15N2S/c1-10-8-12(9-11(2)17(10)3)15-16-13-6-4-5-7-14(13)18-15/h4-9H,1-3H3/q+1. The van der Waals surface area contributed by atoms with Crippen LogP contribution in [-0.2, 0) is 7.05 Å². The van der Waals surface area contributed by atoms with E-state index in [1.807, 2.05) is 6.07 Å². The normalized spacial score (nSPS) is 11.1. The third-order valence-corrected chi connectivity index (χ3v) is 4.41. The molecule has 0 N–H and O–H groups in total. The molecule has 0 radical (unpaired) electrons. The van der Waals surface area contributed by atoms with Crippen molar-refractivity contribution in [2.45, 2.75) is 13.8 Å². The molecule has 0 aliphatic carbocycles. The maximum Gasteiger partial charge on any atom is 0.178 e. The van der Waals surface area contributed by atoms with Gasteiger partial charge in [0.25, 0.3) is 0 Å². The minimum Gasteiger partial charge on any atom is -0.236 e. The van der Waals surface area contributed by atoms with Gasteiger partial charge >= 0.3 is 0 Å². The van der Waals surface area contributed by atoms with Crippen LogP contribution in [0.5, 0.6) is 0 Å². The van der Waals surface area contributed by atoms with E-state index in [0.717, 1.165) is 10.5 Å². The summed E-state index contributed by atoms with van der Waals surface area (Å²) < 4.78 is 3.44. The van der Waals surface area contributed by atoms with Gasteiger partial charge in [0.2, 0.25) is 0 Å². The van der Waals surface area contributed by atoms with Crippen LogP contribution in [0.3, 0.4) is 0 Å². The van der Waals surface area contributed by atoms with Crippen LogP contribution in [0.4, 0.5) is 0 Å². The zero-order valence-corrected chi connectivity index (χ0v) is 11.6. The van der Waals surface area contributed by atoms with E-state index in [1.165, 1.54) is 21.7 Å². The summed E-state index contributed by atoms with van der Waals surface area (Å²) in [6.45, 7) is 4.26. The van der Waals surface area contributed by atoms with E-state index in [-0.39, 0.29) is 0 Å². The van der Waals surface area contributed by atoms with E-state index in [2.05, 4.69) is 55.8 Å². The van der Waals surface area contributed by atoms with Crippen molar-refractivity contribution < 1.29 is 4.57 Å². The Morgan fingerprint density at radius 1 is 1.06 bits per heavy atom. The van der Waals surface area contributed by atoms with Crippen molar-refractivity contribution >= 4 is 21.6 Å². The minimum absolute atomic E-state index is 1.08. The van der Waals surface area contributed by atoms with E-state index in [1.54, 1.807) is 11.3 Å². The number of pyridine rings is 1. The number of benzene rings is 1. The van der Waals surface area contributed by atoms with Gasteiger partial charge < -0.3 is 0 Å². The average molecular weight is 255 g/mol. The molecular weight excluding hydrogens is 240 g/mol. The lowest BCUT2D eigenvalue weighted by atomic mass is 10.2. The van der Waals surface area contributed by atoms with Gasteiger partial charge in [0.05, 0.1) is 10.2 Å². The lowest BCUT2D eigenvalue weighted by Gasteiger charge is -2.01.